The van der Waals surface area contributed by atoms with E-state index in [4.69, 9.17) is 26.2 Å². The van der Waals surface area contributed by atoms with Crippen molar-refractivity contribution in [2.75, 3.05) is 12.1 Å². The van der Waals surface area contributed by atoms with Crippen molar-refractivity contribution >= 4 is 40.1 Å². The van der Waals surface area contributed by atoms with E-state index in [2.05, 4.69) is 21.8 Å². The molecule has 0 fully saturated rings. The van der Waals surface area contributed by atoms with Gasteiger partial charge in [-0.3, -0.25) is 15.6 Å². The van der Waals surface area contributed by atoms with Crippen molar-refractivity contribution < 1.29 is 9.53 Å². The molecular formula is C14H21BrN6O2. The van der Waals surface area contributed by atoms with Crippen molar-refractivity contribution in [2.24, 2.45) is 11.7 Å². The molecule has 0 spiro atoms. The molecule has 1 rings (SSSR count). The van der Waals surface area contributed by atoms with Crippen LogP contribution >= 0.6 is 15.9 Å². The Kier molecular flexibility index (Phi) is 10.3. The number of hydrogen-bond donors (Lipinski definition) is 5. The van der Waals surface area contributed by atoms with E-state index in [-0.39, 0.29) is 12.5 Å². The maximum atomic E-state index is 8.94. The zero-order valence-electron chi connectivity index (χ0n) is 13.0. The van der Waals surface area contributed by atoms with Gasteiger partial charge in [-0.05, 0) is 25.1 Å². The first-order valence-electron chi connectivity index (χ1n) is 6.43. The van der Waals surface area contributed by atoms with Crippen LogP contribution in [0.15, 0.2) is 34.3 Å². The van der Waals surface area contributed by atoms with Crippen LogP contribution in [0.25, 0.3) is 0 Å². The Morgan fingerprint density at radius 1 is 1.52 bits per heavy atom. The molecule has 0 heterocycles. The molecule has 0 aromatic heterocycles. The zero-order chi connectivity index (χ0) is 17.8. The first-order chi connectivity index (χ1) is 10.9. The van der Waals surface area contributed by atoms with Crippen LogP contribution in [0.4, 0.5) is 5.69 Å². The van der Waals surface area contributed by atoms with Gasteiger partial charge in [0.25, 0.3) is 0 Å². The highest BCUT2D eigenvalue weighted by Gasteiger charge is 2.10. The van der Waals surface area contributed by atoms with Crippen molar-refractivity contribution in [3.05, 3.63) is 39.9 Å². The molecule has 0 radical (unpaired) electrons. The summed E-state index contributed by atoms with van der Waals surface area (Å²) in [7, 11) is 1.75. The molecule has 126 valence electrons. The first-order valence-corrected chi connectivity index (χ1v) is 7.23. The number of anilines is 1. The number of amides is 1. The van der Waals surface area contributed by atoms with Crippen molar-refractivity contribution in [1.29, 1.82) is 10.8 Å². The predicted octanol–water partition coefficient (Wildman–Crippen LogP) is 1.45. The van der Waals surface area contributed by atoms with Gasteiger partial charge in [0.2, 0.25) is 12.3 Å². The van der Waals surface area contributed by atoms with Crippen molar-refractivity contribution in [2.45, 2.75) is 13.5 Å². The van der Waals surface area contributed by atoms with Gasteiger partial charge in [-0.1, -0.05) is 22.0 Å². The zero-order valence-corrected chi connectivity index (χ0v) is 14.6. The van der Waals surface area contributed by atoms with E-state index in [1.807, 2.05) is 18.2 Å². The van der Waals surface area contributed by atoms with E-state index in [0.29, 0.717) is 12.0 Å². The summed E-state index contributed by atoms with van der Waals surface area (Å²) in [5.41, 5.74) is 4.06. The van der Waals surface area contributed by atoms with Gasteiger partial charge >= 0.3 is 0 Å². The highest BCUT2D eigenvalue weighted by molar-refractivity contribution is 9.10. The fourth-order valence-electron chi connectivity index (χ4n) is 1.48. The minimum Gasteiger partial charge on any atom is -0.473 e. The average molecular weight is 385 g/mol. The second-order valence-electron chi connectivity index (χ2n) is 4.27. The maximum Gasteiger partial charge on any atom is 0.221 e. The minimum atomic E-state index is 0.0462. The molecule has 0 aliphatic rings. The van der Waals surface area contributed by atoms with Crippen LogP contribution in [0, 0.1) is 10.8 Å². The molecule has 0 bridgehead atoms. The summed E-state index contributed by atoms with van der Waals surface area (Å²) in [6, 6.07) is 5.67. The second kappa shape index (κ2) is 11.4. The number of rotatable bonds is 6. The Hall–Kier alpha value is -2.23. The highest BCUT2D eigenvalue weighted by atomic mass is 79.9. The number of ether oxygens (including phenoxy) is 1. The highest BCUT2D eigenvalue weighted by Crippen LogP contribution is 2.27. The Bertz CT molecular complexity index is 574. The molecule has 1 aromatic carbocycles. The van der Waals surface area contributed by atoms with Crippen LogP contribution in [-0.4, -0.2) is 25.6 Å². The van der Waals surface area contributed by atoms with E-state index in [1.54, 1.807) is 19.4 Å². The van der Waals surface area contributed by atoms with E-state index < -0.39 is 0 Å². The lowest BCUT2D eigenvalue weighted by atomic mass is 10.2. The number of hydrogen-bond acceptors (Lipinski definition) is 7. The van der Waals surface area contributed by atoms with Gasteiger partial charge in [0.1, 0.15) is 6.61 Å². The number of allylic oxidation sites excluding steroid dienone is 1. The third-order valence-corrected chi connectivity index (χ3v) is 3.34. The summed E-state index contributed by atoms with van der Waals surface area (Å²) in [6.07, 6.45) is 3.04. The second-order valence-corrected chi connectivity index (χ2v) is 5.12. The van der Waals surface area contributed by atoms with E-state index in [1.165, 1.54) is 11.1 Å². The third-order valence-electron chi connectivity index (χ3n) is 2.59. The maximum absolute atomic E-state index is 8.94. The molecule has 0 saturated heterocycles. The van der Waals surface area contributed by atoms with Crippen LogP contribution in [0.1, 0.15) is 12.5 Å². The van der Waals surface area contributed by atoms with Gasteiger partial charge in [-0.2, -0.15) is 0 Å². The molecule has 7 N–H and O–H groups in total. The molecule has 23 heavy (non-hydrogen) atoms. The average Bonchev–Trinajstić information content (AvgIpc) is 2.53. The standard InChI is InChI=1S/C13H17BrN4O.CH4N2O/c1-9(6-7-15)13(16)19-8-10-11(14)4-3-5-12(10)18(2)17;2-3-1-4/h3-7,15-16H,8,17H2,1-2H3;1H,2H2,(H,3,4)/b9-6-,15-7?,16-13?;. The molecule has 1 aromatic rings. The molecule has 0 aliphatic carbocycles. The lowest BCUT2D eigenvalue weighted by Crippen LogP contribution is -2.26. The van der Waals surface area contributed by atoms with Crippen molar-refractivity contribution in [3.63, 3.8) is 0 Å². The number of halogens is 1. The number of hydrazine groups is 2. The Morgan fingerprint density at radius 2 is 2.13 bits per heavy atom. The summed E-state index contributed by atoms with van der Waals surface area (Å²) in [5.74, 6) is 10.2. The van der Waals surface area contributed by atoms with Crippen molar-refractivity contribution in [3.8, 4) is 0 Å². The number of nitrogens with zero attached hydrogens (tertiary/aromatic N) is 1. The quantitative estimate of drug-likeness (QED) is 0.126. The Labute approximate surface area is 143 Å². The summed E-state index contributed by atoms with van der Waals surface area (Å²) in [5, 5.41) is 16.2. The molecule has 9 heteroatoms. The molecular weight excluding hydrogens is 364 g/mol. The smallest absolute Gasteiger partial charge is 0.221 e. The SMILES string of the molecule is C/C(=C/C=N)C(=N)OCc1c(Br)cccc1N(C)N.NNC=O. The largest absolute Gasteiger partial charge is 0.473 e. The normalized spacial score (nSPS) is 10.0. The molecule has 0 unspecified atom stereocenters. The van der Waals surface area contributed by atoms with Gasteiger partial charge in [-0.25, -0.2) is 11.7 Å². The van der Waals surface area contributed by atoms with Crippen LogP contribution < -0.4 is 22.1 Å². The Balaban J connectivity index is 0.00000108. The third kappa shape index (κ3) is 7.54. The summed E-state index contributed by atoms with van der Waals surface area (Å²) >= 11 is 3.45. The first kappa shape index (κ1) is 20.8. The van der Waals surface area contributed by atoms with E-state index >= 15 is 0 Å². The lowest BCUT2D eigenvalue weighted by Gasteiger charge is -2.18. The summed E-state index contributed by atoms with van der Waals surface area (Å²) < 4.78 is 6.29. The number of benzene rings is 1. The minimum absolute atomic E-state index is 0.0462. The van der Waals surface area contributed by atoms with Gasteiger partial charge in [0, 0.05) is 28.9 Å². The number of nitrogens with two attached hydrogens (primary N) is 2. The van der Waals surface area contributed by atoms with E-state index in [9.17, 15) is 0 Å². The molecule has 0 atom stereocenters. The number of carbonyl (C=O) groups is 1. The van der Waals surface area contributed by atoms with Crippen LogP contribution in [0.3, 0.4) is 0 Å². The van der Waals surface area contributed by atoms with Gasteiger partial charge in [-0.15, -0.1) is 0 Å². The molecule has 0 saturated carbocycles. The van der Waals surface area contributed by atoms with E-state index in [0.717, 1.165) is 21.9 Å². The topological polar surface area (TPSA) is 141 Å². The summed E-state index contributed by atoms with van der Waals surface area (Å²) in [4.78, 5) is 8.94. The monoisotopic (exact) mass is 384 g/mol. The summed E-state index contributed by atoms with van der Waals surface area (Å²) in [6.45, 7) is 1.96. The van der Waals surface area contributed by atoms with Crippen LogP contribution in [0.2, 0.25) is 0 Å². The lowest BCUT2D eigenvalue weighted by molar-refractivity contribution is -0.109. The number of carbonyl (C=O) groups excluding carboxylic acids is 1. The Morgan fingerprint density at radius 3 is 2.61 bits per heavy atom. The number of nitrogens with one attached hydrogen (secondary N) is 3. The van der Waals surface area contributed by atoms with Crippen LogP contribution in [0.5, 0.6) is 0 Å². The van der Waals surface area contributed by atoms with Gasteiger partial charge in [0.15, 0.2) is 0 Å². The van der Waals surface area contributed by atoms with Crippen LogP contribution in [-0.2, 0) is 16.1 Å². The molecule has 8 nitrogen and oxygen atoms in total. The molecule has 1 amide bonds. The van der Waals surface area contributed by atoms with Crippen molar-refractivity contribution in [1.82, 2.24) is 5.43 Å². The molecule has 0 aliphatic heterocycles. The predicted molar refractivity (Wildman–Crippen MR) is 95.2 cm³/mol. The fourth-order valence-corrected chi connectivity index (χ4v) is 1.95. The fraction of sp³-hybridized carbons (Fsp3) is 0.214. The van der Waals surface area contributed by atoms with Gasteiger partial charge in [0.05, 0.1) is 5.69 Å². The van der Waals surface area contributed by atoms with Gasteiger partial charge < -0.3 is 15.2 Å².